The molecular weight excluding hydrogens is 538 g/mol. The molecule has 1 atom stereocenters. The second kappa shape index (κ2) is 13.7. The Morgan fingerprint density at radius 3 is 1.35 bits per heavy atom. The fourth-order valence-corrected chi connectivity index (χ4v) is 1.62. The van der Waals surface area contributed by atoms with E-state index in [-0.39, 0.29) is 38.0 Å². The molecule has 8 nitrogen and oxygen atoms in total. The molecule has 0 aliphatic heterocycles. The summed E-state index contributed by atoms with van der Waals surface area (Å²) in [5.41, 5.74) is 5.55. The first-order chi connectivity index (χ1) is 8.01. The van der Waals surface area contributed by atoms with Gasteiger partial charge in [-0.2, -0.15) is 16.8 Å². The van der Waals surface area contributed by atoms with E-state index in [4.69, 9.17) is 5.73 Å². The van der Waals surface area contributed by atoms with Crippen molar-refractivity contribution in [3.63, 3.8) is 0 Å². The molecule has 1 unspecified atom stereocenters. The molecule has 20 heavy (non-hydrogen) atoms. The van der Waals surface area contributed by atoms with E-state index < -0.39 is 32.2 Å². The van der Waals surface area contributed by atoms with Gasteiger partial charge in [0.15, 0.2) is 0 Å². The first kappa shape index (κ1) is 29.1. The van der Waals surface area contributed by atoms with Crippen molar-refractivity contribution in [3.8, 4) is 0 Å². The SMILES string of the molecule is CC(N)C(COS(C)(=O)=O)COS(C)(=O)=O.Cl.Cl.[NH2][Pt]. The number of hydrogen-bond acceptors (Lipinski definition) is 8. The molecule has 131 valence electrons. The molecule has 0 amide bonds. The van der Waals surface area contributed by atoms with Crippen LogP contribution in [-0.2, 0) is 48.7 Å². The number of rotatable bonds is 7. The van der Waals surface area contributed by atoms with Crippen LogP contribution in [0.25, 0.3) is 0 Å². The van der Waals surface area contributed by atoms with E-state index in [2.05, 4.69) is 12.7 Å². The van der Waals surface area contributed by atoms with Crippen LogP contribution in [0.15, 0.2) is 0 Å². The predicted molar refractivity (Wildman–Crippen MR) is 77.4 cm³/mol. The average molecular weight is 559 g/mol. The van der Waals surface area contributed by atoms with Gasteiger partial charge in [-0.15, -0.1) is 24.8 Å². The Morgan fingerprint density at radius 1 is 0.950 bits per heavy atom. The van der Waals surface area contributed by atoms with Crippen molar-refractivity contribution in [2.75, 3.05) is 25.7 Å². The van der Waals surface area contributed by atoms with E-state index in [9.17, 15) is 16.8 Å². The minimum atomic E-state index is -3.57. The third-order valence-electron chi connectivity index (χ3n) is 1.74. The van der Waals surface area contributed by atoms with Crippen LogP contribution in [0.4, 0.5) is 0 Å². The van der Waals surface area contributed by atoms with Crippen molar-refractivity contribution in [2.24, 2.45) is 15.9 Å². The van der Waals surface area contributed by atoms with Gasteiger partial charge < -0.3 is 5.73 Å². The van der Waals surface area contributed by atoms with Crippen molar-refractivity contribution < 1.29 is 45.3 Å². The summed E-state index contributed by atoms with van der Waals surface area (Å²) in [6.45, 7) is 1.21. The Morgan fingerprint density at radius 2 is 1.20 bits per heavy atom. The van der Waals surface area contributed by atoms with Gasteiger partial charge in [0.1, 0.15) is 0 Å². The maximum absolute atomic E-state index is 10.7. The first-order valence-corrected chi connectivity index (χ1v) is 9.58. The zero-order valence-corrected chi connectivity index (χ0v) is 16.7. The molecule has 0 heterocycles. The topological polar surface area (TPSA) is 139 Å². The summed E-state index contributed by atoms with van der Waals surface area (Å²) in [7, 11) is -7.13. The zero-order valence-electron chi connectivity index (χ0n) is 11.1. The summed E-state index contributed by atoms with van der Waals surface area (Å²) in [6, 6.07) is -0.441. The van der Waals surface area contributed by atoms with Gasteiger partial charge in [0.05, 0.1) is 25.7 Å². The van der Waals surface area contributed by atoms with E-state index in [1.54, 1.807) is 27.0 Å². The van der Waals surface area contributed by atoms with Gasteiger partial charge in [-0.3, -0.25) is 8.37 Å². The summed E-state index contributed by atoms with van der Waals surface area (Å²) < 4.78 is 56.5. The molecule has 0 aliphatic rings. The van der Waals surface area contributed by atoms with Crippen molar-refractivity contribution in [3.05, 3.63) is 0 Å². The molecule has 0 aromatic heterocycles. The van der Waals surface area contributed by atoms with Gasteiger partial charge >= 0.3 is 24.4 Å². The molecule has 0 radical (unpaired) electrons. The van der Waals surface area contributed by atoms with Crippen LogP contribution in [-0.4, -0.2) is 48.6 Å². The van der Waals surface area contributed by atoms with E-state index in [1.807, 2.05) is 0 Å². The molecule has 0 spiro atoms. The van der Waals surface area contributed by atoms with Crippen LogP contribution in [0, 0.1) is 5.92 Å². The van der Waals surface area contributed by atoms with Gasteiger partial charge in [0.25, 0.3) is 20.2 Å². The quantitative estimate of drug-likeness (QED) is 0.385. The fraction of sp³-hybridized carbons (Fsp3) is 1.00. The molecule has 0 aliphatic carbocycles. The molecule has 0 rings (SSSR count). The third kappa shape index (κ3) is 21.3. The molecule has 0 aromatic rings. The second-order valence-electron chi connectivity index (χ2n) is 3.60. The van der Waals surface area contributed by atoms with Gasteiger partial charge in [-0.05, 0) is 6.92 Å². The normalized spacial score (nSPS) is 12.6. The van der Waals surface area contributed by atoms with Crippen molar-refractivity contribution in [2.45, 2.75) is 13.0 Å². The van der Waals surface area contributed by atoms with Crippen LogP contribution in [0.1, 0.15) is 6.92 Å². The monoisotopic (exact) mass is 558 g/mol. The number of halogens is 2. The minimum absolute atomic E-state index is 0. The van der Waals surface area contributed by atoms with E-state index >= 15 is 0 Å². The van der Waals surface area contributed by atoms with Gasteiger partial charge in [0.2, 0.25) is 0 Å². The predicted octanol–water partition coefficient (Wildman–Crippen LogP) is -0.847. The standard InChI is InChI=1S/C7H17NO6S2.2ClH.H2N.Pt/c1-6(8)7(4-13-15(2,9)10)5-14-16(3,11)12;;;;/h6-7H,4-5,8H2,1-3H3;2*1H;1H2;/q;;;-1;+1. The molecular formula is C7H21Cl2N2O6PtS2. The van der Waals surface area contributed by atoms with Crippen LogP contribution in [0.5, 0.6) is 0 Å². The molecule has 0 aromatic carbocycles. The van der Waals surface area contributed by atoms with E-state index in [0.717, 1.165) is 12.5 Å². The van der Waals surface area contributed by atoms with Crippen LogP contribution in [0.3, 0.4) is 0 Å². The van der Waals surface area contributed by atoms with E-state index in [1.165, 1.54) is 0 Å². The number of nitrogens with two attached hydrogens (primary N) is 2. The molecule has 0 saturated carbocycles. The Labute approximate surface area is 144 Å². The second-order valence-corrected chi connectivity index (χ2v) is 6.88. The fourth-order valence-electron chi connectivity index (χ4n) is 0.774. The van der Waals surface area contributed by atoms with Crippen LogP contribution >= 0.6 is 24.8 Å². The summed E-state index contributed by atoms with van der Waals surface area (Å²) in [5, 5.41) is 0. The van der Waals surface area contributed by atoms with Gasteiger partial charge in [-0.25, -0.2) is 0 Å². The average Bonchev–Trinajstić information content (AvgIpc) is 2.16. The molecule has 0 saturated heterocycles. The Kier molecular flexibility index (Phi) is 19.9. The third-order valence-corrected chi connectivity index (χ3v) is 2.86. The van der Waals surface area contributed by atoms with E-state index in [0.29, 0.717) is 0 Å². The van der Waals surface area contributed by atoms with Gasteiger partial charge in [-0.1, -0.05) is 0 Å². The van der Waals surface area contributed by atoms with Crippen molar-refractivity contribution in [1.82, 2.24) is 0 Å². The molecule has 13 heteroatoms. The summed E-state index contributed by atoms with van der Waals surface area (Å²) in [5.74, 6) is -0.510. The molecule has 4 N–H and O–H groups in total. The van der Waals surface area contributed by atoms with Crippen molar-refractivity contribution in [1.29, 1.82) is 0 Å². The first-order valence-electron chi connectivity index (χ1n) is 4.64. The summed E-state index contributed by atoms with van der Waals surface area (Å²) in [6.07, 6.45) is 1.81. The van der Waals surface area contributed by atoms with Crippen LogP contribution in [0.2, 0.25) is 0 Å². The zero-order chi connectivity index (χ0) is 15.0. The summed E-state index contributed by atoms with van der Waals surface area (Å²) in [4.78, 5) is 0. The van der Waals surface area contributed by atoms with Crippen LogP contribution < -0.4 is 10.0 Å². The molecule has 0 fully saturated rings. The summed E-state index contributed by atoms with van der Waals surface area (Å²) >= 11 is 1.64. The Hall–Kier alpha value is 1.01. The molecule has 0 bridgehead atoms. The van der Waals surface area contributed by atoms with Gasteiger partial charge in [0, 0.05) is 12.0 Å². The Balaban J connectivity index is -0.000000304. The van der Waals surface area contributed by atoms with Crippen molar-refractivity contribution >= 4 is 45.1 Å². The Bertz CT molecular complexity index is 381. The number of hydrogen-bond donors (Lipinski definition) is 2. The maximum atomic E-state index is 10.7.